The molecular weight excluding hydrogens is 224 g/mol. The Morgan fingerprint density at radius 3 is 2.56 bits per heavy atom. The van der Waals surface area contributed by atoms with Crippen molar-refractivity contribution in [3.05, 3.63) is 24.0 Å². The molecule has 102 valence electrons. The summed E-state index contributed by atoms with van der Waals surface area (Å²) < 4.78 is 5.44. The lowest BCUT2D eigenvalue weighted by Crippen LogP contribution is -2.29. The van der Waals surface area contributed by atoms with Crippen LogP contribution in [-0.4, -0.2) is 18.6 Å². The molecule has 0 aliphatic carbocycles. The number of nitrogens with one attached hydrogen (secondary N) is 1. The molecule has 0 bridgehead atoms. The van der Waals surface area contributed by atoms with Gasteiger partial charge >= 0.3 is 0 Å². The van der Waals surface area contributed by atoms with Crippen molar-refractivity contribution >= 4 is 0 Å². The van der Waals surface area contributed by atoms with E-state index in [2.05, 4.69) is 37.1 Å². The smallest absolute Gasteiger partial charge is 0.141 e. The van der Waals surface area contributed by atoms with Crippen molar-refractivity contribution < 1.29 is 4.74 Å². The molecule has 0 saturated carbocycles. The predicted molar refractivity (Wildman–Crippen MR) is 75.9 cm³/mol. The predicted octanol–water partition coefficient (Wildman–Crippen LogP) is 3.57. The summed E-state index contributed by atoms with van der Waals surface area (Å²) in [5.74, 6) is 1.52. The molecule has 1 atom stereocenters. The molecule has 18 heavy (non-hydrogen) atoms. The average Bonchev–Trinajstić information content (AvgIpc) is 2.43. The minimum Gasteiger partial charge on any atom is -0.495 e. The Labute approximate surface area is 111 Å². The largest absolute Gasteiger partial charge is 0.495 e. The highest BCUT2D eigenvalue weighted by Crippen LogP contribution is 2.32. The lowest BCUT2D eigenvalue weighted by Gasteiger charge is -2.28. The minimum atomic E-state index is 0.359. The van der Waals surface area contributed by atoms with E-state index in [1.165, 1.54) is 18.4 Å². The number of ether oxygens (including phenoxy) is 1. The molecule has 0 radical (unpaired) electrons. The van der Waals surface area contributed by atoms with Gasteiger partial charge in [-0.2, -0.15) is 0 Å². The molecular formula is C15H26N2O. The Balaban J connectivity index is 2.99. The first-order valence-corrected chi connectivity index (χ1v) is 6.99. The highest BCUT2D eigenvalue weighted by molar-refractivity contribution is 5.33. The van der Waals surface area contributed by atoms with Crippen molar-refractivity contribution in [2.24, 2.45) is 5.92 Å². The monoisotopic (exact) mass is 250 g/mol. The Kier molecular flexibility index (Phi) is 6.73. The Hall–Kier alpha value is -1.09. The molecule has 0 aliphatic rings. The molecule has 1 N–H and O–H groups in total. The van der Waals surface area contributed by atoms with Gasteiger partial charge in [0, 0.05) is 17.8 Å². The minimum absolute atomic E-state index is 0.359. The van der Waals surface area contributed by atoms with Gasteiger partial charge in [0.2, 0.25) is 0 Å². The molecule has 1 rings (SSSR count). The SMILES string of the molecule is CCCNC(c1ccncc1OC)C(CC)CC. The van der Waals surface area contributed by atoms with Gasteiger partial charge in [-0.1, -0.05) is 33.6 Å². The second-order valence-corrected chi connectivity index (χ2v) is 4.63. The Morgan fingerprint density at radius 1 is 1.28 bits per heavy atom. The fourth-order valence-corrected chi connectivity index (χ4v) is 2.41. The van der Waals surface area contributed by atoms with Crippen LogP contribution in [-0.2, 0) is 0 Å². The molecule has 0 saturated heterocycles. The summed E-state index contributed by atoms with van der Waals surface area (Å²) in [5, 5.41) is 3.65. The van der Waals surface area contributed by atoms with Crippen LogP contribution in [0, 0.1) is 5.92 Å². The first-order chi connectivity index (χ1) is 8.78. The number of hydrogen-bond donors (Lipinski definition) is 1. The molecule has 0 amide bonds. The molecule has 0 spiro atoms. The third-order valence-electron chi connectivity index (χ3n) is 3.51. The first kappa shape index (κ1) is 15.0. The van der Waals surface area contributed by atoms with Crippen LogP contribution in [0.2, 0.25) is 0 Å². The van der Waals surface area contributed by atoms with Crippen molar-refractivity contribution in [1.82, 2.24) is 10.3 Å². The van der Waals surface area contributed by atoms with Gasteiger partial charge in [0.25, 0.3) is 0 Å². The van der Waals surface area contributed by atoms with Crippen LogP contribution < -0.4 is 10.1 Å². The van der Waals surface area contributed by atoms with Gasteiger partial charge in [0.05, 0.1) is 13.3 Å². The van der Waals surface area contributed by atoms with E-state index in [4.69, 9.17) is 4.74 Å². The van der Waals surface area contributed by atoms with Crippen LogP contribution >= 0.6 is 0 Å². The average molecular weight is 250 g/mol. The zero-order valence-corrected chi connectivity index (χ0v) is 12.1. The van der Waals surface area contributed by atoms with Gasteiger partial charge < -0.3 is 10.1 Å². The molecule has 0 aliphatic heterocycles. The summed E-state index contributed by atoms with van der Waals surface area (Å²) >= 11 is 0. The van der Waals surface area contributed by atoms with E-state index >= 15 is 0 Å². The standard InChI is InChI=1S/C15H26N2O/c1-5-9-17-15(12(6-2)7-3)13-8-10-16-11-14(13)18-4/h8,10-12,15,17H,5-7,9H2,1-4H3. The van der Waals surface area contributed by atoms with Crippen LogP contribution in [0.3, 0.4) is 0 Å². The zero-order valence-electron chi connectivity index (χ0n) is 12.1. The number of rotatable bonds is 8. The third kappa shape index (κ3) is 3.70. The van der Waals surface area contributed by atoms with E-state index < -0.39 is 0 Å². The summed E-state index contributed by atoms with van der Waals surface area (Å²) in [7, 11) is 1.71. The highest BCUT2D eigenvalue weighted by atomic mass is 16.5. The highest BCUT2D eigenvalue weighted by Gasteiger charge is 2.22. The van der Waals surface area contributed by atoms with Gasteiger partial charge in [-0.15, -0.1) is 0 Å². The molecule has 3 heteroatoms. The van der Waals surface area contributed by atoms with Gasteiger partial charge in [0.15, 0.2) is 0 Å². The molecule has 1 aromatic heterocycles. The van der Waals surface area contributed by atoms with Crippen LogP contribution in [0.4, 0.5) is 0 Å². The van der Waals surface area contributed by atoms with Crippen LogP contribution in [0.25, 0.3) is 0 Å². The first-order valence-electron chi connectivity index (χ1n) is 6.99. The summed E-state index contributed by atoms with van der Waals surface area (Å²) in [4.78, 5) is 4.14. The van der Waals surface area contributed by atoms with Gasteiger partial charge in [-0.3, -0.25) is 4.98 Å². The quantitative estimate of drug-likeness (QED) is 0.766. The van der Waals surface area contributed by atoms with Crippen molar-refractivity contribution in [2.75, 3.05) is 13.7 Å². The Morgan fingerprint density at radius 2 is 2.00 bits per heavy atom. The lowest BCUT2D eigenvalue weighted by atomic mass is 9.88. The summed E-state index contributed by atoms with van der Waals surface area (Å²) in [6.07, 6.45) is 7.13. The number of pyridine rings is 1. The maximum absolute atomic E-state index is 5.44. The second-order valence-electron chi connectivity index (χ2n) is 4.63. The molecule has 1 aromatic rings. The van der Waals surface area contributed by atoms with Gasteiger partial charge in [-0.25, -0.2) is 0 Å². The topological polar surface area (TPSA) is 34.2 Å². The van der Waals surface area contributed by atoms with E-state index in [1.807, 2.05) is 6.20 Å². The molecule has 1 heterocycles. The fourth-order valence-electron chi connectivity index (χ4n) is 2.41. The molecule has 0 aromatic carbocycles. The third-order valence-corrected chi connectivity index (χ3v) is 3.51. The van der Waals surface area contributed by atoms with Crippen LogP contribution in [0.5, 0.6) is 5.75 Å². The van der Waals surface area contributed by atoms with E-state index in [1.54, 1.807) is 13.3 Å². The zero-order chi connectivity index (χ0) is 13.4. The van der Waals surface area contributed by atoms with E-state index in [0.717, 1.165) is 18.7 Å². The fraction of sp³-hybridized carbons (Fsp3) is 0.667. The molecule has 1 unspecified atom stereocenters. The van der Waals surface area contributed by atoms with Crippen molar-refractivity contribution in [1.29, 1.82) is 0 Å². The number of nitrogens with zero attached hydrogens (tertiary/aromatic N) is 1. The number of aromatic nitrogens is 1. The van der Waals surface area contributed by atoms with Crippen molar-refractivity contribution in [3.63, 3.8) is 0 Å². The summed E-state index contributed by atoms with van der Waals surface area (Å²) in [5.41, 5.74) is 1.23. The van der Waals surface area contributed by atoms with Gasteiger partial charge in [0.1, 0.15) is 5.75 Å². The molecule has 3 nitrogen and oxygen atoms in total. The maximum atomic E-state index is 5.44. The maximum Gasteiger partial charge on any atom is 0.141 e. The molecule has 0 fully saturated rings. The van der Waals surface area contributed by atoms with Crippen molar-refractivity contribution in [2.45, 2.75) is 46.1 Å². The second kappa shape index (κ2) is 8.09. The van der Waals surface area contributed by atoms with Crippen molar-refractivity contribution in [3.8, 4) is 5.75 Å². The van der Waals surface area contributed by atoms with E-state index in [-0.39, 0.29) is 0 Å². The van der Waals surface area contributed by atoms with Crippen LogP contribution in [0.1, 0.15) is 51.6 Å². The number of methoxy groups -OCH3 is 1. The van der Waals surface area contributed by atoms with E-state index in [9.17, 15) is 0 Å². The van der Waals surface area contributed by atoms with E-state index in [0.29, 0.717) is 12.0 Å². The van der Waals surface area contributed by atoms with Gasteiger partial charge in [-0.05, 0) is 24.9 Å². The Bertz CT molecular complexity index is 337. The van der Waals surface area contributed by atoms with Crippen LogP contribution in [0.15, 0.2) is 18.5 Å². The lowest BCUT2D eigenvalue weighted by molar-refractivity contribution is 0.325. The summed E-state index contributed by atoms with van der Waals surface area (Å²) in [6, 6.07) is 2.43. The number of hydrogen-bond acceptors (Lipinski definition) is 3. The summed E-state index contributed by atoms with van der Waals surface area (Å²) in [6.45, 7) is 7.73. The normalized spacial score (nSPS) is 12.7.